The van der Waals surface area contributed by atoms with Gasteiger partial charge in [-0.05, 0) is 63.6 Å². The Morgan fingerprint density at radius 3 is 2.51 bits per heavy atom. The molecule has 0 radical (unpaired) electrons. The molecular weight excluding hydrogens is 650 g/mol. The van der Waals surface area contributed by atoms with Gasteiger partial charge in [-0.15, -0.1) is 0 Å². The van der Waals surface area contributed by atoms with Gasteiger partial charge in [0.05, 0.1) is 29.4 Å². The fraction of sp³-hybridized carbons (Fsp3) is 0.486. The van der Waals surface area contributed by atoms with E-state index in [0.717, 1.165) is 68.3 Å². The molecular formula is C37H47N9O5. The van der Waals surface area contributed by atoms with Crippen LogP contribution >= 0.6 is 0 Å². The molecule has 270 valence electrons. The van der Waals surface area contributed by atoms with Gasteiger partial charge in [0.2, 0.25) is 11.8 Å². The summed E-state index contributed by atoms with van der Waals surface area (Å²) in [6.07, 6.45) is 4.47. The lowest BCUT2D eigenvalue weighted by atomic mass is 9.96. The Bertz CT molecular complexity index is 1770. The summed E-state index contributed by atoms with van der Waals surface area (Å²) in [6, 6.07) is 12.3. The average Bonchev–Trinajstić information content (AvgIpc) is 3.38. The maximum Gasteiger partial charge on any atom is 0.264 e. The molecule has 5 aliphatic rings. The number of imide groups is 2. The SMILES string of the molecule is CC(/C=C1\C(NN)=NC[C@H]2CN(C3CCN(C[C@H](C)Nc4cccc5c4C(=O)N(C4CCC(=O)NC4=O)C5=O)CC3)CCN12)c1ccccc1O. The van der Waals surface area contributed by atoms with E-state index in [1.165, 1.54) is 0 Å². The van der Waals surface area contributed by atoms with Crippen LogP contribution in [0, 0.1) is 0 Å². The second-order valence-electron chi connectivity index (χ2n) is 14.3. The van der Waals surface area contributed by atoms with Crippen LogP contribution in [-0.4, -0.2) is 124 Å². The Morgan fingerprint density at radius 2 is 1.76 bits per heavy atom. The van der Waals surface area contributed by atoms with Gasteiger partial charge < -0.3 is 25.6 Å². The van der Waals surface area contributed by atoms with E-state index in [2.05, 4.69) is 50.7 Å². The number of allylic oxidation sites excluding steroid dienone is 1. The first-order chi connectivity index (χ1) is 24.6. The number of aromatic hydroxyl groups is 1. The van der Waals surface area contributed by atoms with Crippen molar-refractivity contribution in [3.63, 3.8) is 0 Å². The summed E-state index contributed by atoms with van der Waals surface area (Å²) in [5, 5.41) is 16.1. The number of carbonyl (C=O) groups is 4. The number of rotatable bonds is 8. The third-order valence-corrected chi connectivity index (χ3v) is 11.0. The Labute approximate surface area is 297 Å². The zero-order chi connectivity index (χ0) is 35.8. The highest BCUT2D eigenvalue weighted by atomic mass is 16.3. The van der Waals surface area contributed by atoms with Crippen molar-refractivity contribution in [2.75, 3.05) is 51.1 Å². The van der Waals surface area contributed by atoms with Crippen molar-refractivity contribution in [3.8, 4) is 5.75 Å². The average molecular weight is 698 g/mol. The van der Waals surface area contributed by atoms with Crippen LogP contribution in [0.5, 0.6) is 5.75 Å². The number of hydrogen-bond acceptors (Lipinski definition) is 12. The molecule has 0 bridgehead atoms. The lowest BCUT2D eigenvalue weighted by molar-refractivity contribution is -0.136. The molecule has 7 rings (SSSR count). The molecule has 3 fully saturated rings. The number of phenols is 1. The molecule has 0 spiro atoms. The van der Waals surface area contributed by atoms with E-state index in [4.69, 9.17) is 10.8 Å². The van der Waals surface area contributed by atoms with Gasteiger partial charge in [-0.3, -0.25) is 39.3 Å². The number of benzene rings is 2. The first-order valence-electron chi connectivity index (χ1n) is 18.0. The van der Waals surface area contributed by atoms with Gasteiger partial charge in [0.15, 0.2) is 5.84 Å². The number of phenolic OH excluding ortho intramolecular Hbond substituents is 1. The van der Waals surface area contributed by atoms with E-state index < -0.39 is 29.7 Å². The predicted octanol–water partition coefficient (Wildman–Crippen LogP) is 1.61. The largest absolute Gasteiger partial charge is 0.508 e. The highest BCUT2D eigenvalue weighted by Crippen LogP contribution is 2.34. The van der Waals surface area contributed by atoms with Gasteiger partial charge in [0.1, 0.15) is 11.8 Å². The molecule has 5 aliphatic heterocycles. The molecule has 4 atom stereocenters. The van der Waals surface area contributed by atoms with Gasteiger partial charge in [-0.25, -0.2) is 5.84 Å². The maximum atomic E-state index is 13.5. The van der Waals surface area contributed by atoms with Crippen molar-refractivity contribution >= 4 is 35.2 Å². The Hall–Kier alpha value is -4.79. The van der Waals surface area contributed by atoms with Crippen LogP contribution in [0.3, 0.4) is 0 Å². The number of piperidine rings is 2. The predicted molar refractivity (Wildman–Crippen MR) is 192 cm³/mol. The number of carbonyl (C=O) groups excluding carboxylic acids is 4. The number of amidine groups is 1. The number of nitrogens with zero attached hydrogens (tertiary/aromatic N) is 5. The molecule has 6 N–H and O–H groups in total. The standard InChI is InChI=1S/C37H47N9O5/c1-22(26-6-3-4-9-31(26)47)18-30-34(42-38)39-19-25-21-44(16-17-45(25)30)24-12-14-43(15-13-24)20-23(2)40-28-8-5-7-27-33(28)37(51)46(36(27)50)29-10-11-32(48)41-35(29)49/h3-9,18,22-25,29,40,47H,10-17,19-21,38H2,1-2H3,(H,39,42)(H,41,48,49)/b30-18+/t22?,23-,25-,29?/m0/s1. The fourth-order valence-electron chi connectivity index (χ4n) is 8.39. The van der Waals surface area contributed by atoms with Crippen molar-refractivity contribution in [1.29, 1.82) is 0 Å². The van der Waals surface area contributed by atoms with Crippen molar-refractivity contribution in [2.24, 2.45) is 10.8 Å². The summed E-state index contributed by atoms with van der Waals surface area (Å²) >= 11 is 0. The number of nitrogens with one attached hydrogen (secondary N) is 3. The van der Waals surface area contributed by atoms with Gasteiger partial charge in [-0.1, -0.05) is 31.2 Å². The lowest BCUT2D eigenvalue weighted by Gasteiger charge is -2.49. The smallest absolute Gasteiger partial charge is 0.264 e. The number of aliphatic imine (C=N–C) groups is 1. The van der Waals surface area contributed by atoms with Crippen LogP contribution in [0.1, 0.15) is 71.7 Å². The summed E-state index contributed by atoms with van der Waals surface area (Å²) in [4.78, 5) is 64.2. The summed E-state index contributed by atoms with van der Waals surface area (Å²) in [6.45, 7) is 10.2. The number of anilines is 1. The Morgan fingerprint density at radius 1 is 0.980 bits per heavy atom. The van der Waals surface area contributed by atoms with Crippen LogP contribution < -0.4 is 21.9 Å². The van der Waals surface area contributed by atoms with Crippen LogP contribution in [0.4, 0.5) is 5.69 Å². The zero-order valence-electron chi connectivity index (χ0n) is 29.2. The number of amides is 4. The molecule has 2 aromatic carbocycles. The second-order valence-corrected chi connectivity index (χ2v) is 14.3. The van der Waals surface area contributed by atoms with E-state index in [0.29, 0.717) is 24.1 Å². The highest BCUT2D eigenvalue weighted by Gasteiger charge is 2.46. The third-order valence-electron chi connectivity index (χ3n) is 11.0. The van der Waals surface area contributed by atoms with E-state index in [1.54, 1.807) is 24.3 Å². The lowest BCUT2D eigenvalue weighted by Crippen LogP contribution is -2.61. The number of para-hydroxylation sites is 1. The quantitative estimate of drug-likeness (QED) is 0.154. The molecule has 2 unspecified atom stereocenters. The molecule has 0 saturated carbocycles. The monoisotopic (exact) mass is 697 g/mol. The second kappa shape index (κ2) is 14.4. The molecule has 0 aromatic heterocycles. The van der Waals surface area contributed by atoms with E-state index in [1.807, 2.05) is 18.2 Å². The number of likely N-dealkylation sites (tertiary alicyclic amines) is 1. The minimum atomic E-state index is -0.992. The van der Waals surface area contributed by atoms with Crippen LogP contribution in [0.25, 0.3) is 0 Å². The Kier molecular flexibility index (Phi) is 9.81. The molecule has 5 heterocycles. The highest BCUT2D eigenvalue weighted by molar-refractivity contribution is 6.25. The third kappa shape index (κ3) is 6.83. The summed E-state index contributed by atoms with van der Waals surface area (Å²) in [7, 11) is 0. The van der Waals surface area contributed by atoms with Crippen molar-refractivity contribution in [1.82, 2.24) is 30.3 Å². The number of hydrazine groups is 1. The number of fused-ring (bicyclic) bond motifs is 2. The first-order valence-corrected chi connectivity index (χ1v) is 18.0. The van der Waals surface area contributed by atoms with E-state index in [-0.39, 0.29) is 47.7 Å². The molecule has 51 heavy (non-hydrogen) atoms. The number of nitrogens with two attached hydrogens (primary N) is 1. The van der Waals surface area contributed by atoms with E-state index >= 15 is 0 Å². The summed E-state index contributed by atoms with van der Waals surface area (Å²) in [5.41, 5.74) is 5.78. The Balaban J connectivity index is 0.933. The van der Waals surface area contributed by atoms with Crippen molar-refractivity contribution < 1.29 is 24.3 Å². The van der Waals surface area contributed by atoms with E-state index in [9.17, 15) is 24.3 Å². The maximum absolute atomic E-state index is 13.5. The first kappa shape index (κ1) is 34.6. The molecule has 14 nitrogen and oxygen atoms in total. The van der Waals surface area contributed by atoms with Gasteiger partial charge >= 0.3 is 0 Å². The van der Waals surface area contributed by atoms with Crippen molar-refractivity contribution in [3.05, 3.63) is 70.9 Å². The minimum absolute atomic E-state index is 0.00000296. The van der Waals surface area contributed by atoms with Crippen LogP contribution in [0.15, 0.2) is 59.2 Å². The fourth-order valence-corrected chi connectivity index (χ4v) is 8.39. The van der Waals surface area contributed by atoms with Gasteiger partial charge in [0, 0.05) is 61.9 Å². The normalized spacial score (nSPS) is 25.3. The number of hydrogen-bond donors (Lipinski definition) is 5. The molecule has 14 heteroatoms. The molecule has 2 aromatic rings. The van der Waals surface area contributed by atoms with Crippen LogP contribution in [-0.2, 0) is 9.59 Å². The zero-order valence-corrected chi connectivity index (χ0v) is 29.2. The molecule has 4 amide bonds. The molecule has 0 aliphatic carbocycles. The molecule has 3 saturated heterocycles. The van der Waals surface area contributed by atoms with Gasteiger partial charge in [-0.2, -0.15) is 0 Å². The number of piperazine rings is 1. The van der Waals surface area contributed by atoms with Crippen molar-refractivity contribution in [2.45, 2.75) is 69.6 Å². The van der Waals surface area contributed by atoms with Crippen LogP contribution in [0.2, 0.25) is 0 Å². The minimum Gasteiger partial charge on any atom is -0.508 e. The summed E-state index contributed by atoms with van der Waals surface area (Å²) < 4.78 is 0. The van der Waals surface area contributed by atoms with Gasteiger partial charge in [0.25, 0.3) is 11.8 Å². The topological polar surface area (TPSA) is 176 Å². The summed E-state index contributed by atoms with van der Waals surface area (Å²) in [5.74, 6) is 4.82.